The molecule has 2 rings (SSSR count). The van der Waals surface area contributed by atoms with Crippen LogP contribution in [0.1, 0.15) is 39.0 Å². The fourth-order valence-corrected chi connectivity index (χ4v) is 2.67. The standard InChI is InChI=1S/C12H23NO/c1-9-11(7-8-14-9)12(13-2)6-5-10-3-4-10/h9-13H,3-8H2,1-2H3. The van der Waals surface area contributed by atoms with Gasteiger partial charge in [0.25, 0.3) is 0 Å². The van der Waals surface area contributed by atoms with Crippen LogP contribution in [0.25, 0.3) is 0 Å². The number of hydrogen-bond acceptors (Lipinski definition) is 2. The van der Waals surface area contributed by atoms with E-state index in [0.717, 1.165) is 18.4 Å². The largest absolute Gasteiger partial charge is 0.378 e. The van der Waals surface area contributed by atoms with E-state index in [9.17, 15) is 0 Å². The Kier molecular flexibility index (Phi) is 3.45. The van der Waals surface area contributed by atoms with Crippen molar-refractivity contribution in [3.05, 3.63) is 0 Å². The van der Waals surface area contributed by atoms with E-state index < -0.39 is 0 Å². The average Bonchev–Trinajstić information content (AvgIpc) is 2.92. The molecule has 0 bridgehead atoms. The molecule has 2 heteroatoms. The van der Waals surface area contributed by atoms with Gasteiger partial charge in [-0.05, 0) is 39.2 Å². The second-order valence-corrected chi connectivity index (χ2v) is 4.94. The number of nitrogens with one attached hydrogen (secondary N) is 1. The van der Waals surface area contributed by atoms with Crippen molar-refractivity contribution >= 4 is 0 Å². The van der Waals surface area contributed by atoms with Crippen LogP contribution in [-0.2, 0) is 4.74 Å². The summed E-state index contributed by atoms with van der Waals surface area (Å²) in [5, 5.41) is 3.48. The third-order valence-electron chi connectivity index (χ3n) is 3.91. The summed E-state index contributed by atoms with van der Waals surface area (Å²) in [4.78, 5) is 0. The molecule has 2 aliphatic rings. The first kappa shape index (κ1) is 10.4. The Morgan fingerprint density at radius 2 is 2.14 bits per heavy atom. The van der Waals surface area contributed by atoms with E-state index in [1.165, 1.54) is 32.1 Å². The van der Waals surface area contributed by atoms with Gasteiger partial charge in [0.15, 0.2) is 0 Å². The first-order valence-electron chi connectivity index (χ1n) is 6.10. The molecular formula is C12H23NO. The molecule has 1 saturated carbocycles. The van der Waals surface area contributed by atoms with E-state index in [0.29, 0.717) is 12.1 Å². The van der Waals surface area contributed by atoms with Crippen molar-refractivity contribution < 1.29 is 4.74 Å². The van der Waals surface area contributed by atoms with Crippen LogP contribution in [-0.4, -0.2) is 25.8 Å². The third-order valence-corrected chi connectivity index (χ3v) is 3.91. The summed E-state index contributed by atoms with van der Waals surface area (Å²) < 4.78 is 5.63. The van der Waals surface area contributed by atoms with E-state index in [1.54, 1.807) is 0 Å². The van der Waals surface area contributed by atoms with Crippen LogP contribution in [0.15, 0.2) is 0 Å². The van der Waals surface area contributed by atoms with Crippen LogP contribution in [0.2, 0.25) is 0 Å². The Morgan fingerprint density at radius 3 is 2.64 bits per heavy atom. The highest BCUT2D eigenvalue weighted by molar-refractivity contribution is 4.85. The maximum absolute atomic E-state index is 5.63. The van der Waals surface area contributed by atoms with Gasteiger partial charge in [-0.25, -0.2) is 0 Å². The fourth-order valence-electron chi connectivity index (χ4n) is 2.67. The van der Waals surface area contributed by atoms with E-state index in [4.69, 9.17) is 4.74 Å². The molecular weight excluding hydrogens is 174 g/mol. The van der Waals surface area contributed by atoms with Gasteiger partial charge in [-0.3, -0.25) is 0 Å². The Bertz CT molecular complexity index is 179. The molecule has 0 radical (unpaired) electrons. The lowest BCUT2D eigenvalue weighted by Crippen LogP contribution is -2.37. The summed E-state index contributed by atoms with van der Waals surface area (Å²) in [7, 11) is 2.10. The SMILES string of the molecule is CNC(CCC1CC1)C1CCOC1C. The van der Waals surface area contributed by atoms with Crippen molar-refractivity contribution in [2.24, 2.45) is 11.8 Å². The summed E-state index contributed by atoms with van der Waals surface area (Å²) in [6, 6.07) is 0.688. The van der Waals surface area contributed by atoms with Crippen LogP contribution in [0.3, 0.4) is 0 Å². The van der Waals surface area contributed by atoms with Gasteiger partial charge in [0.1, 0.15) is 0 Å². The van der Waals surface area contributed by atoms with Crippen LogP contribution in [0, 0.1) is 11.8 Å². The maximum atomic E-state index is 5.63. The smallest absolute Gasteiger partial charge is 0.0590 e. The molecule has 0 aromatic heterocycles. The lowest BCUT2D eigenvalue weighted by molar-refractivity contribution is 0.0948. The summed E-state index contributed by atoms with van der Waals surface area (Å²) in [6.45, 7) is 3.19. The second-order valence-electron chi connectivity index (χ2n) is 4.94. The lowest BCUT2D eigenvalue weighted by atomic mass is 9.90. The lowest BCUT2D eigenvalue weighted by Gasteiger charge is -2.25. The van der Waals surface area contributed by atoms with Gasteiger partial charge in [-0.1, -0.05) is 12.8 Å². The van der Waals surface area contributed by atoms with Crippen molar-refractivity contribution in [2.45, 2.75) is 51.2 Å². The third kappa shape index (κ3) is 2.48. The Hall–Kier alpha value is -0.0800. The van der Waals surface area contributed by atoms with Crippen LogP contribution in [0.4, 0.5) is 0 Å². The maximum Gasteiger partial charge on any atom is 0.0590 e. The molecule has 3 atom stereocenters. The molecule has 1 N–H and O–H groups in total. The van der Waals surface area contributed by atoms with Crippen LogP contribution >= 0.6 is 0 Å². The Morgan fingerprint density at radius 1 is 1.36 bits per heavy atom. The van der Waals surface area contributed by atoms with Gasteiger partial charge in [0.2, 0.25) is 0 Å². The number of hydrogen-bond donors (Lipinski definition) is 1. The van der Waals surface area contributed by atoms with E-state index in [2.05, 4.69) is 19.3 Å². The minimum atomic E-state index is 0.464. The quantitative estimate of drug-likeness (QED) is 0.729. The minimum absolute atomic E-state index is 0.464. The highest BCUT2D eigenvalue weighted by Crippen LogP contribution is 2.35. The van der Waals surface area contributed by atoms with Gasteiger partial charge in [-0.15, -0.1) is 0 Å². The zero-order chi connectivity index (χ0) is 9.97. The predicted octanol–water partition coefficient (Wildman–Crippen LogP) is 2.19. The van der Waals surface area contributed by atoms with Crippen molar-refractivity contribution in [3.63, 3.8) is 0 Å². The Labute approximate surface area is 87.4 Å². The van der Waals surface area contributed by atoms with Gasteiger partial charge in [-0.2, -0.15) is 0 Å². The molecule has 2 nitrogen and oxygen atoms in total. The molecule has 14 heavy (non-hydrogen) atoms. The second kappa shape index (κ2) is 4.63. The topological polar surface area (TPSA) is 21.3 Å². The molecule has 0 spiro atoms. The highest BCUT2D eigenvalue weighted by Gasteiger charge is 2.32. The number of rotatable bonds is 5. The van der Waals surface area contributed by atoms with Crippen molar-refractivity contribution in [2.75, 3.05) is 13.7 Å². The molecule has 0 aromatic carbocycles. The fraction of sp³-hybridized carbons (Fsp3) is 1.00. The molecule has 1 aliphatic heterocycles. The zero-order valence-corrected chi connectivity index (χ0v) is 9.46. The molecule has 1 heterocycles. The molecule has 0 amide bonds. The Balaban J connectivity index is 1.77. The summed E-state index contributed by atoms with van der Waals surface area (Å²) in [6.07, 6.45) is 7.44. The number of ether oxygens (including phenoxy) is 1. The highest BCUT2D eigenvalue weighted by atomic mass is 16.5. The average molecular weight is 197 g/mol. The van der Waals surface area contributed by atoms with Gasteiger partial charge >= 0.3 is 0 Å². The monoisotopic (exact) mass is 197 g/mol. The van der Waals surface area contributed by atoms with E-state index >= 15 is 0 Å². The predicted molar refractivity (Wildman–Crippen MR) is 58.3 cm³/mol. The molecule has 3 unspecified atom stereocenters. The summed E-state index contributed by atoms with van der Waals surface area (Å²) >= 11 is 0. The first-order chi connectivity index (χ1) is 6.81. The molecule has 0 aromatic rings. The van der Waals surface area contributed by atoms with Crippen LogP contribution < -0.4 is 5.32 Å². The van der Waals surface area contributed by atoms with Crippen molar-refractivity contribution in [3.8, 4) is 0 Å². The van der Waals surface area contributed by atoms with Crippen molar-refractivity contribution in [1.82, 2.24) is 5.32 Å². The van der Waals surface area contributed by atoms with Gasteiger partial charge < -0.3 is 10.1 Å². The molecule has 82 valence electrons. The van der Waals surface area contributed by atoms with Crippen LogP contribution in [0.5, 0.6) is 0 Å². The molecule has 1 aliphatic carbocycles. The van der Waals surface area contributed by atoms with Gasteiger partial charge in [0, 0.05) is 18.6 Å². The van der Waals surface area contributed by atoms with E-state index in [1.807, 2.05) is 0 Å². The first-order valence-corrected chi connectivity index (χ1v) is 6.10. The van der Waals surface area contributed by atoms with Crippen molar-refractivity contribution in [1.29, 1.82) is 0 Å². The molecule has 2 fully saturated rings. The summed E-state index contributed by atoms with van der Waals surface area (Å²) in [5.74, 6) is 1.81. The zero-order valence-electron chi connectivity index (χ0n) is 9.46. The van der Waals surface area contributed by atoms with Gasteiger partial charge in [0.05, 0.1) is 6.10 Å². The minimum Gasteiger partial charge on any atom is -0.378 e. The summed E-state index contributed by atoms with van der Waals surface area (Å²) in [5.41, 5.74) is 0. The normalized spacial score (nSPS) is 34.7. The van der Waals surface area contributed by atoms with E-state index in [-0.39, 0.29) is 0 Å². The molecule has 1 saturated heterocycles.